The molecule has 0 saturated carbocycles. The van der Waals surface area contributed by atoms with Crippen LogP contribution in [0.4, 0.5) is 0 Å². The van der Waals surface area contributed by atoms with Crippen LogP contribution in [0.15, 0.2) is 11.4 Å². The predicted octanol–water partition coefficient (Wildman–Crippen LogP) is 2.93. The highest BCUT2D eigenvalue weighted by atomic mass is 35.5. The number of hydrogen-bond donors (Lipinski definition) is 0. The van der Waals surface area contributed by atoms with E-state index >= 15 is 0 Å². The van der Waals surface area contributed by atoms with E-state index in [-0.39, 0.29) is 11.2 Å². The third kappa shape index (κ3) is 1.29. The van der Waals surface area contributed by atoms with Crippen LogP contribution >= 0.6 is 22.9 Å². The van der Waals surface area contributed by atoms with E-state index < -0.39 is 0 Å². The first-order valence-corrected chi connectivity index (χ1v) is 5.30. The molecular weight excluding hydrogens is 192 g/mol. The molecule has 1 aliphatic carbocycles. The zero-order valence-electron chi connectivity index (χ0n) is 6.55. The number of halogens is 1. The molecule has 2 rings (SSSR count). The molecule has 1 atom stereocenters. The van der Waals surface area contributed by atoms with Gasteiger partial charge in [0.05, 0.1) is 5.92 Å². The molecule has 0 fully saturated rings. The van der Waals surface area contributed by atoms with Gasteiger partial charge >= 0.3 is 0 Å². The fraction of sp³-hybridized carbons (Fsp3) is 0.444. The maximum atomic E-state index is 11.0. The summed E-state index contributed by atoms with van der Waals surface area (Å²) in [6.45, 7) is 0. The Hall–Kier alpha value is -0.340. The van der Waals surface area contributed by atoms with Crippen LogP contribution in [0, 0.1) is 0 Å². The maximum absolute atomic E-state index is 11.0. The van der Waals surface area contributed by atoms with Crippen LogP contribution in [0.25, 0.3) is 0 Å². The van der Waals surface area contributed by atoms with Crippen molar-refractivity contribution in [2.45, 2.75) is 25.2 Å². The topological polar surface area (TPSA) is 17.1 Å². The van der Waals surface area contributed by atoms with Crippen molar-refractivity contribution in [3.05, 3.63) is 21.9 Å². The molecule has 1 aromatic rings. The van der Waals surface area contributed by atoms with Crippen LogP contribution in [0.3, 0.4) is 0 Å². The van der Waals surface area contributed by atoms with E-state index in [0.717, 1.165) is 19.3 Å². The number of thiophene rings is 1. The average Bonchev–Trinajstić information content (AvgIpc) is 2.49. The smallest absolute Gasteiger partial charge is 0.229 e. The summed E-state index contributed by atoms with van der Waals surface area (Å²) in [4.78, 5) is 12.4. The Balaban J connectivity index is 2.37. The lowest BCUT2D eigenvalue weighted by Gasteiger charge is -2.18. The normalized spacial score (nSPS) is 21.9. The van der Waals surface area contributed by atoms with Crippen molar-refractivity contribution < 1.29 is 4.79 Å². The number of carbonyl (C=O) groups is 1. The van der Waals surface area contributed by atoms with E-state index in [4.69, 9.17) is 11.6 Å². The monoisotopic (exact) mass is 200 g/mol. The molecule has 0 aromatic carbocycles. The summed E-state index contributed by atoms with van der Waals surface area (Å²) >= 11 is 7.24. The van der Waals surface area contributed by atoms with Gasteiger partial charge in [0.1, 0.15) is 0 Å². The van der Waals surface area contributed by atoms with Gasteiger partial charge in [0.25, 0.3) is 0 Å². The van der Waals surface area contributed by atoms with E-state index in [1.54, 1.807) is 11.3 Å². The van der Waals surface area contributed by atoms with Gasteiger partial charge in [-0.05, 0) is 47.9 Å². The third-order valence-corrected chi connectivity index (χ3v) is 3.59. The second-order valence-electron chi connectivity index (χ2n) is 3.05. The third-order valence-electron chi connectivity index (χ3n) is 2.33. The van der Waals surface area contributed by atoms with Gasteiger partial charge in [-0.15, -0.1) is 11.3 Å². The predicted molar refractivity (Wildman–Crippen MR) is 50.9 cm³/mol. The Bertz CT molecular complexity index is 305. The highest BCUT2D eigenvalue weighted by molar-refractivity contribution is 7.10. The molecular formula is C9H9ClOS. The van der Waals surface area contributed by atoms with Crippen molar-refractivity contribution >= 4 is 28.2 Å². The van der Waals surface area contributed by atoms with Gasteiger partial charge in [-0.25, -0.2) is 0 Å². The van der Waals surface area contributed by atoms with Crippen molar-refractivity contribution in [2.24, 2.45) is 0 Å². The van der Waals surface area contributed by atoms with Crippen molar-refractivity contribution in [3.63, 3.8) is 0 Å². The molecule has 0 N–H and O–H groups in total. The first-order chi connectivity index (χ1) is 5.79. The van der Waals surface area contributed by atoms with Crippen molar-refractivity contribution in [2.75, 3.05) is 0 Å². The minimum Gasteiger partial charge on any atom is -0.281 e. The Morgan fingerprint density at radius 2 is 2.50 bits per heavy atom. The number of aryl methyl sites for hydroxylation is 1. The number of rotatable bonds is 1. The van der Waals surface area contributed by atoms with E-state index in [1.807, 2.05) is 11.4 Å². The van der Waals surface area contributed by atoms with Crippen LogP contribution in [0.2, 0.25) is 0 Å². The molecule has 1 heterocycles. The fourth-order valence-corrected chi connectivity index (χ4v) is 2.94. The first kappa shape index (κ1) is 8.27. The van der Waals surface area contributed by atoms with Crippen molar-refractivity contribution in [1.29, 1.82) is 0 Å². The lowest BCUT2D eigenvalue weighted by atomic mass is 9.89. The van der Waals surface area contributed by atoms with Gasteiger partial charge in [-0.1, -0.05) is 0 Å². The summed E-state index contributed by atoms with van der Waals surface area (Å²) < 4.78 is 0. The van der Waals surface area contributed by atoms with Crippen LogP contribution in [0.1, 0.15) is 29.2 Å². The zero-order chi connectivity index (χ0) is 8.55. The maximum Gasteiger partial charge on any atom is 0.229 e. The largest absolute Gasteiger partial charge is 0.281 e. The van der Waals surface area contributed by atoms with E-state index in [1.165, 1.54) is 10.4 Å². The Kier molecular flexibility index (Phi) is 2.20. The molecule has 1 aromatic heterocycles. The summed E-state index contributed by atoms with van der Waals surface area (Å²) in [5.41, 5.74) is 1.17. The molecule has 0 amide bonds. The minimum atomic E-state index is -0.200. The molecule has 0 bridgehead atoms. The van der Waals surface area contributed by atoms with Crippen LogP contribution in [-0.4, -0.2) is 5.24 Å². The molecule has 64 valence electrons. The molecule has 0 saturated heterocycles. The molecule has 1 nitrogen and oxygen atoms in total. The minimum absolute atomic E-state index is 0.0262. The van der Waals surface area contributed by atoms with Crippen molar-refractivity contribution in [1.82, 2.24) is 0 Å². The summed E-state index contributed by atoms with van der Waals surface area (Å²) in [6.07, 6.45) is 3.14. The van der Waals surface area contributed by atoms with Gasteiger partial charge in [-0.3, -0.25) is 4.79 Å². The van der Waals surface area contributed by atoms with E-state index in [0.29, 0.717) is 0 Å². The Morgan fingerprint density at radius 3 is 3.25 bits per heavy atom. The number of carbonyl (C=O) groups excluding carboxylic acids is 1. The van der Waals surface area contributed by atoms with E-state index in [9.17, 15) is 4.79 Å². The molecule has 0 aliphatic heterocycles. The van der Waals surface area contributed by atoms with Gasteiger partial charge in [0, 0.05) is 4.88 Å². The van der Waals surface area contributed by atoms with Gasteiger partial charge < -0.3 is 0 Å². The standard InChI is InChI=1S/C9H9ClOS/c10-9(11)7-2-1-3-8-6(7)4-5-12-8/h4-5,7H,1-3H2. The summed E-state index contributed by atoms with van der Waals surface area (Å²) in [7, 11) is 0. The van der Waals surface area contributed by atoms with Crippen LogP contribution < -0.4 is 0 Å². The first-order valence-electron chi connectivity index (χ1n) is 4.04. The lowest BCUT2D eigenvalue weighted by molar-refractivity contribution is -0.113. The van der Waals surface area contributed by atoms with Gasteiger partial charge in [-0.2, -0.15) is 0 Å². The van der Waals surface area contributed by atoms with Crippen molar-refractivity contribution in [3.8, 4) is 0 Å². The molecule has 3 heteroatoms. The quantitative estimate of drug-likeness (QED) is 0.638. The molecule has 0 spiro atoms. The molecule has 12 heavy (non-hydrogen) atoms. The SMILES string of the molecule is O=C(Cl)C1CCCc2sccc21. The highest BCUT2D eigenvalue weighted by Crippen LogP contribution is 2.35. The van der Waals surface area contributed by atoms with Crippen LogP contribution in [0.5, 0.6) is 0 Å². The number of fused-ring (bicyclic) bond motifs is 1. The Labute approximate surface area is 80.4 Å². The second-order valence-corrected chi connectivity index (χ2v) is 4.42. The summed E-state index contributed by atoms with van der Waals surface area (Å²) in [6, 6.07) is 2.03. The highest BCUT2D eigenvalue weighted by Gasteiger charge is 2.25. The Morgan fingerprint density at radius 1 is 1.67 bits per heavy atom. The van der Waals surface area contributed by atoms with E-state index in [2.05, 4.69) is 0 Å². The molecule has 1 aliphatic rings. The average molecular weight is 201 g/mol. The number of hydrogen-bond acceptors (Lipinski definition) is 2. The lowest BCUT2D eigenvalue weighted by Crippen LogP contribution is -2.12. The van der Waals surface area contributed by atoms with Crippen LogP contribution in [-0.2, 0) is 11.2 Å². The fourth-order valence-electron chi connectivity index (χ4n) is 1.72. The van der Waals surface area contributed by atoms with Gasteiger partial charge in [0.2, 0.25) is 5.24 Å². The zero-order valence-corrected chi connectivity index (χ0v) is 8.12. The summed E-state index contributed by atoms with van der Waals surface area (Å²) in [5.74, 6) is -0.0262. The van der Waals surface area contributed by atoms with Gasteiger partial charge in [0.15, 0.2) is 0 Å². The molecule has 1 unspecified atom stereocenters. The second kappa shape index (κ2) is 3.19. The summed E-state index contributed by atoms with van der Waals surface area (Å²) in [5, 5.41) is 1.84. The molecule has 0 radical (unpaired) electrons.